The van der Waals surface area contributed by atoms with Gasteiger partial charge in [-0.2, -0.15) is 0 Å². The number of nitrogens with zero attached hydrogens (tertiary/aromatic N) is 1. The zero-order valence-electron chi connectivity index (χ0n) is 19.6. The number of nitrogens with one attached hydrogen (secondary N) is 1. The van der Waals surface area contributed by atoms with E-state index >= 15 is 0 Å². The summed E-state index contributed by atoms with van der Waals surface area (Å²) in [5, 5.41) is 11.9. The van der Waals surface area contributed by atoms with E-state index in [1.807, 2.05) is 36.4 Å². The number of rotatable bonds is 10. The monoisotopic (exact) mass is 474 g/mol. The second kappa shape index (κ2) is 12.0. The lowest BCUT2D eigenvalue weighted by molar-refractivity contribution is -0.115. The van der Waals surface area contributed by atoms with Gasteiger partial charge in [-0.1, -0.05) is 30.7 Å². The van der Waals surface area contributed by atoms with Crippen molar-refractivity contribution in [1.29, 1.82) is 0 Å². The quantitative estimate of drug-likeness (QED) is 0.419. The molecule has 7 nitrogen and oxygen atoms in total. The van der Waals surface area contributed by atoms with Crippen LogP contribution in [0.5, 0.6) is 17.2 Å². The first-order valence-electron chi connectivity index (χ1n) is 11.9. The van der Waals surface area contributed by atoms with Crippen molar-refractivity contribution in [2.75, 3.05) is 31.6 Å². The first-order chi connectivity index (χ1) is 17.1. The van der Waals surface area contributed by atoms with Crippen molar-refractivity contribution in [2.45, 2.75) is 25.7 Å². The highest BCUT2D eigenvalue weighted by molar-refractivity contribution is 6.00. The number of piperidine rings is 1. The summed E-state index contributed by atoms with van der Waals surface area (Å²) in [5.41, 5.74) is 1.13. The number of carbonyl (C=O) groups is 2. The molecule has 0 unspecified atom stereocenters. The number of anilines is 1. The van der Waals surface area contributed by atoms with Crippen molar-refractivity contribution in [1.82, 2.24) is 4.90 Å². The highest BCUT2D eigenvalue weighted by atomic mass is 16.5. The Kier molecular flexibility index (Phi) is 8.35. The molecule has 0 spiro atoms. The fourth-order valence-corrected chi connectivity index (χ4v) is 4.05. The molecular formula is C28H30N2O5. The molecule has 0 aromatic heterocycles. The van der Waals surface area contributed by atoms with Gasteiger partial charge in [0.2, 0.25) is 5.91 Å². The van der Waals surface area contributed by atoms with Crippen molar-refractivity contribution in [3.63, 3.8) is 0 Å². The van der Waals surface area contributed by atoms with Crippen LogP contribution in [-0.4, -0.2) is 48.1 Å². The predicted molar refractivity (Wildman–Crippen MR) is 134 cm³/mol. The largest absolute Gasteiger partial charge is 0.492 e. The number of benzene rings is 3. The third-order valence-electron chi connectivity index (χ3n) is 5.90. The first kappa shape index (κ1) is 24.3. The number of amides is 1. The average Bonchev–Trinajstić information content (AvgIpc) is 2.87. The molecule has 0 aliphatic carbocycles. The molecule has 0 radical (unpaired) electrons. The summed E-state index contributed by atoms with van der Waals surface area (Å²) in [5.74, 6) is 0.802. The van der Waals surface area contributed by atoms with Gasteiger partial charge in [0.25, 0.3) is 0 Å². The van der Waals surface area contributed by atoms with Crippen LogP contribution >= 0.6 is 0 Å². The van der Waals surface area contributed by atoms with Crippen LogP contribution in [-0.2, 0) is 11.2 Å². The second-order valence-electron chi connectivity index (χ2n) is 8.54. The van der Waals surface area contributed by atoms with E-state index < -0.39 is 5.97 Å². The second-order valence-corrected chi connectivity index (χ2v) is 8.54. The van der Waals surface area contributed by atoms with Crippen molar-refractivity contribution < 1.29 is 24.2 Å². The van der Waals surface area contributed by atoms with Gasteiger partial charge in [-0.3, -0.25) is 9.69 Å². The number of carboxylic acid groups (broad SMARTS) is 1. The van der Waals surface area contributed by atoms with Gasteiger partial charge < -0.3 is 19.9 Å². The summed E-state index contributed by atoms with van der Waals surface area (Å²) in [6.45, 7) is 3.96. The maximum absolute atomic E-state index is 12.4. The van der Waals surface area contributed by atoms with Gasteiger partial charge in [-0.05, 0) is 80.0 Å². The minimum absolute atomic E-state index is 0.0583. The van der Waals surface area contributed by atoms with Gasteiger partial charge in [-0.25, -0.2) is 4.79 Å². The minimum atomic E-state index is -1.08. The third kappa shape index (κ3) is 7.32. The number of para-hydroxylation sites is 1. The molecule has 3 aromatic carbocycles. The Morgan fingerprint density at radius 2 is 1.46 bits per heavy atom. The normalized spacial score (nSPS) is 13.7. The van der Waals surface area contributed by atoms with Gasteiger partial charge in [-0.15, -0.1) is 0 Å². The molecule has 3 aromatic rings. The molecule has 1 amide bonds. The zero-order chi connectivity index (χ0) is 24.5. The fourth-order valence-electron chi connectivity index (χ4n) is 4.05. The molecular weight excluding hydrogens is 444 g/mol. The maximum Gasteiger partial charge on any atom is 0.337 e. The molecule has 2 N–H and O–H groups in total. The highest BCUT2D eigenvalue weighted by Gasteiger charge is 2.12. The molecule has 0 atom stereocenters. The molecule has 1 fully saturated rings. The van der Waals surface area contributed by atoms with Crippen molar-refractivity contribution >= 4 is 17.6 Å². The number of carboxylic acids is 1. The number of likely N-dealkylation sites (tertiary alicyclic amines) is 1. The maximum atomic E-state index is 12.4. The van der Waals surface area contributed by atoms with E-state index in [1.54, 1.807) is 30.3 Å². The average molecular weight is 475 g/mol. The van der Waals surface area contributed by atoms with Crippen molar-refractivity contribution in [2.24, 2.45) is 0 Å². The van der Waals surface area contributed by atoms with Crippen LogP contribution in [0, 0.1) is 0 Å². The van der Waals surface area contributed by atoms with Gasteiger partial charge in [0.1, 0.15) is 23.9 Å². The Bertz CT molecular complexity index is 1120. The number of aromatic carboxylic acids is 1. The molecule has 182 valence electrons. The lowest BCUT2D eigenvalue weighted by Gasteiger charge is -2.26. The minimum Gasteiger partial charge on any atom is -0.492 e. The Morgan fingerprint density at radius 3 is 2.14 bits per heavy atom. The predicted octanol–water partition coefficient (Wildman–Crippen LogP) is 5.22. The van der Waals surface area contributed by atoms with Gasteiger partial charge >= 0.3 is 5.97 Å². The van der Waals surface area contributed by atoms with E-state index in [0.717, 1.165) is 30.9 Å². The van der Waals surface area contributed by atoms with E-state index in [1.165, 1.54) is 25.3 Å². The van der Waals surface area contributed by atoms with Crippen LogP contribution < -0.4 is 14.8 Å². The van der Waals surface area contributed by atoms with Gasteiger partial charge in [0, 0.05) is 6.54 Å². The molecule has 0 bridgehead atoms. The van der Waals surface area contributed by atoms with Crippen LogP contribution in [0.3, 0.4) is 0 Å². The molecule has 7 heteroatoms. The summed E-state index contributed by atoms with van der Waals surface area (Å²) in [4.78, 5) is 26.1. The van der Waals surface area contributed by atoms with Crippen LogP contribution in [0.15, 0.2) is 72.8 Å². The molecule has 1 saturated heterocycles. The lowest BCUT2D eigenvalue weighted by atomic mass is 10.1. The Balaban J connectivity index is 1.24. The smallest absolute Gasteiger partial charge is 0.337 e. The molecule has 1 aliphatic rings. The topological polar surface area (TPSA) is 88.1 Å². The fraction of sp³-hybridized carbons (Fsp3) is 0.286. The highest BCUT2D eigenvalue weighted by Crippen LogP contribution is 2.24. The van der Waals surface area contributed by atoms with E-state index in [2.05, 4.69) is 10.2 Å². The standard InChI is InChI=1S/C28H30N2O5/c31-27(29-26-7-3-2-6-25(26)28(32)33)20-21-8-10-23(11-9-21)35-24-14-12-22(13-15-24)34-19-18-30-16-4-1-5-17-30/h2-3,6-15H,1,4-5,16-20H2,(H,29,31)(H,32,33). The molecule has 1 heterocycles. The molecule has 1 aliphatic heterocycles. The van der Waals surface area contributed by atoms with Gasteiger partial charge in [0.15, 0.2) is 0 Å². The lowest BCUT2D eigenvalue weighted by Crippen LogP contribution is -2.33. The molecule has 4 rings (SSSR count). The van der Waals surface area contributed by atoms with Crippen LogP contribution in [0.4, 0.5) is 5.69 Å². The third-order valence-corrected chi connectivity index (χ3v) is 5.90. The number of hydrogen-bond acceptors (Lipinski definition) is 5. The summed E-state index contributed by atoms with van der Waals surface area (Å²) in [6, 6.07) is 21.1. The Hall–Kier alpha value is -3.84. The van der Waals surface area contributed by atoms with E-state index in [-0.39, 0.29) is 23.6 Å². The van der Waals surface area contributed by atoms with E-state index in [0.29, 0.717) is 18.1 Å². The molecule has 35 heavy (non-hydrogen) atoms. The van der Waals surface area contributed by atoms with Crippen LogP contribution in [0.1, 0.15) is 35.2 Å². The number of hydrogen-bond donors (Lipinski definition) is 2. The Labute approximate surface area is 205 Å². The number of carbonyl (C=O) groups excluding carboxylic acids is 1. The van der Waals surface area contributed by atoms with Crippen LogP contribution in [0.25, 0.3) is 0 Å². The summed E-state index contributed by atoms with van der Waals surface area (Å²) in [6.07, 6.45) is 4.02. The molecule has 0 saturated carbocycles. The summed E-state index contributed by atoms with van der Waals surface area (Å²) in [7, 11) is 0. The van der Waals surface area contributed by atoms with Crippen molar-refractivity contribution in [3.8, 4) is 17.2 Å². The zero-order valence-corrected chi connectivity index (χ0v) is 19.6. The van der Waals surface area contributed by atoms with Gasteiger partial charge in [0.05, 0.1) is 17.7 Å². The summed E-state index contributed by atoms with van der Waals surface area (Å²) >= 11 is 0. The SMILES string of the molecule is O=C(Cc1ccc(Oc2ccc(OCCN3CCCCC3)cc2)cc1)Nc1ccccc1C(=O)O. The van der Waals surface area contributed by atoms with Crippen LogP contribution in [0.2, 0.25) is 0 Å². The number of ether oxygens (including phenoxy) is 2. The summed E-state index contributed by atoms with van der Waals surface area (Å²) < 4.78 is 11.8. The van der Waals surface area contributed by atoms with E-state index in [4.69, 9.17) is 9.47 Å². The first-order valence-corrected chi connectivity index (χ1v) is 11.9. The Morgan fingerprint density at radius 1 is 0.829 bits per heavy atom. The van der Waals surface area contributed by atoms with Crippen molar-refractivity contribution in [3.05, 3.63) is 83.9 Å². The van der Waals surface area contributed by atoms with E-state index in [9.17, 15) is 14.7 Å².